The Labute approximate surface area is 229 Å². The third-order valence-corrected chi connectivity index (χ3v) is 7.95. The molecule has 2 rings (SSSR count). The van der Waals surface area contributed by atoms with Crippen molar-refractivity contribution in [2.45, 2.75) is 58.1 Å². The highest BCUT2D eigenvalue weighted by molar-refractivity contribution is 8.77. The van der Waals surface area contributed by atoms with Gasteiger partial charge < -0.3 is 29.0 Å². The lowest BCUT2D eigenvalue weighted by Gasteiger charge is -2.15. The summed E-state index contributed by atoms with van der Waals surface area (Å²) in [7, 11) is 3.85. The van der Waals surface area contributed by atoms with Crippen molar-refractivity contribution in [1.29, 1.82) is 0 Å². The van der Waals surface area contributed by atoms with Gasteiger partial charge in [-0.2, -0.15) is 0 Å². The van der Waals surface area contributed by atoms with Crippen LogP contribution in [0.4, 0.5) is 0 Å². The minimum atomic E-state index is -0.746. The summed E-state index contributed by atoms with van der Waals surface area (Å²) < 4.78 is 25.7. The molecule has 1 N–H and O–H groups in total. The molecular weight excluding hydrogens is 538 g/mol. The van der Waals surface area contributed by atoms with Gasteiger partial charge in [-0.05, 0) is 31.4 Å². The molecule has 1 atom stereocenters. The smallest absolute Gasteiger partial charge is 0.308 e. The van der Waals surface area contributed by atoms with Crippen molar-refractivity contribution in [3.05, 3.63) is 17.7 Å². The van der Waals surface area contributed by atoms with Gasteiger partial charge in [-0.3, -0.25) is 24.0 Å². The Kier molecular flexibility index (Phi) is 14.0. The molecular formula is C25H33NO10S2. The van der Waals surface area contributed by atoms with E-state index in [1.54, 1.807) is 0 Å². The van der Waals surface area contributed by atoms with Gasteiger partial charge in [0.05, 0.1) is 13.2 Å². The monoisotopic (exact) mass is 571 g/mol. The molecule has 1 amide bonds. The maximum absolute atomic E-state index is 12.6. The van der Waals surface area contributed by atoms with Gasteiger partial charge in [-0.1, -0.05) is 28.0 Å². The van der Waals surface area contributed by atoms with E-state index in [9.17, 15) is 24.0 Å². The second kappa shape index (κ2) is 16.9. The molecule has 1 aliphatic rings. The van der Waals surface area contributed by atoms with Crippen LogP contribution < -0.4 is 19.5 Å². The first kappa shape index (κ1) is 31.4. The molecule has 1 aromatic carbocycles. The van der Waals surface area contributed by atoms with Crippen LogP contribution in [0.15, 0.2) is 12.1 Å². The van der Waals surface area contributed by atoms with E-state index in [-0.39, 0.29) is 55.1 Å². The van der Waals surface area contributed by atoms with Crippen LogP contribution in [0.3, 0.4) is 0 Å². The average molecular weight is 572 g/mol. The molecule has 0 aliphatic carbocycles. The molecule has 0 spiro atoms. The Morgan fingerprint density at radius 1 is 0.895 bits per heavy atom. The van der Waals surface area contributed by atoms with Gasteiger partial charge in [0, 0.05) is 50.3 Å². The molecule has 0 aromatic heterocycles. The number of ether oxygens (including phenoxy) is 5. The van der Waals surface area contributed by atoms with E-state index in [0.29, 0.717) is 11.7 Å². The first-order valence-electron chi connectivity index (χ1n) is 12.2. The first-order valence-corrected chi connectivity index (χ1v) is 14.6. The number of carbonyl (C=O) groups is 5. The molecule has 13 heteroatoms. The van der Waals surface area contributed by atoms with Crippen molar-refractivity contribution in [2.24, 2.45) is 0 Å². The summed E-state index contributed by atoms with van der Waals surface area (Å²) in [4.78, 5) is 58.9. The van der Waals surface area contributed by atoms with Gasteiger partial charge in [0.2, 0.25) is 5.75 Å². The number of rotatable bonds is 15. The van der Waals surface area contributed by atoms with Crippen LogP contribution in [0.5, 0.6) is 17.2 Å². The second-order valence-corrected chi connectivity index (χ2v) is 11.0. The fourth-order valence-corrected chi connectivity index (χ4v) is 6.37. The zero-order valence-corrected chi connectivity index (χ0v) is 23.3. The molecule has 0 saturated carbocycles. The predicted octanol–water partition coefficient (Wildman–Crippen LogP) is 3.47. The quantitative estimate of drug-likeness (QED) is 0.142. The highest BCUT2D eigenvalue weighted by atomic mass is 33.1. The minimum absolute atomic E-state index is 0.00684. The zero-order chi connectivity index (χ0) is 27.9. The molecule has 1 unspecified atom stereocenters. The lowest BCUT2D eigenvalue weighted by atomic mass is 10.1. The summed E-state index contributed by atoms with van der Waals surface area (Å²) in [5.74, 6) is -2.65. The number of hydrogen-bond donors (Lipinski definition) is 1. The summed E-state index contributed by atoms with van der Waals surface area (Å²) in [6.45, 7) is 3.95. The number of unbranched alkanes of at least 4 members (excludes halogenated alkanes) is 1. The van der Waals surface area contributed by atoms with Crippen LogP contribution in [0.25, 0.3) is 0 Å². The molecule has 0 bridgehead atoms. The van der Waals surface area contributed by atoms with Crippen LogP contribution in [-0.2, 0) is 28.7 Å². The zero-order valence-electron chi connectivity index (χ0n) is 21.7. The van der Waals surface area contributed by atoms with Crippen LogP contribution in [0.2, 0.25) is 0 Å². The van der Waals surface area contributed by atoms with Gasteiger partial charge in [-0.15, -0.1) is 0 Å². The Bertz CT molecular complexity index is 957. The number of benzene rings is 1. The predicted molar refractivity (Wildman–Crippen MR) is 141 cm³/mol. The molecule has 11 nitrogen and oxygen atoms in total. The Hall–Kier alpha value is -2.77. The van der Waals surface area contributed by atoms with Crippen molar-refractivity contribution in [2.75, 3.05) is 32.1 Å². The maximum atomic E-state index is 12.6. The van der Waals surface area contributed by atoms with Gasteiger partial charge >= 0.3 is 23.9 Å². The summed E-state index contributed by atoms with van der Waals surface area (Å²) in [6, 6.07) is 2.38. The number of amides is 1. The number of esters is 4. The first-order chi connectivity index (χ1) is 18.2. The summed E-state index contributed by atoms with van der Waals surface area (Å²) in [6.07, 6.45) is 4.59. The lowest BCUT2D eigenvalue weighted by Crippen LogP contribution is -2.28. The molecule has 1 aliphatic heterocycles. The Morgan fingerprint density at radius 3 is 2.13 bits per heavy atom. The van der Waals surface area contributed by atoms with Gasteiger partial charge in [-0.25, -0.2) is 0 Å². The normalized spacial score (nSPS) is 14.4. The van der Waals surface area contributed by atoms with E-state index >= 15 is 0 Å². The lowest BCUT2D eigenvalue weighted by molar-refractivity contribution is -0.145. The SMILES string of the molecule is CC(=O)Oc1cc(C(=O)NCCOCCOC(=O)CCCCC2CCSS2)cc(OC(C)=O)c1OC(C)=O. The molecule has 1 saturated heterocycles. The van der Waals surface area contributed by atoms with Crippen molar-refractivity contribution < 1.29 is 47.7 Å². The van der Waals surface area contributed by atoms with Gasteiger partial charge in [0.25, 0.3) is 5.91 Å². The number of carbonyl (C=O) groups excluding carboxylic acids is 5. The highest BCUT2D eigenvalue weighted by Crippen LogP contribution is 2.40. The third-order valence-electron chi connectivity index (χ3n) is 4.94. The van der Waals surface area contributed by atoms with Gasteiger partial charge in [0.1, 0.15) is 6.61 Å². The third kappa shape index (κ3) is 12.2. The minimum Gasteiger partial charge on any atom is -0.463 e. The molecule has 0 radical (unpaired) electrons. The standard InChI is InChI=1S/C25H33NO10S2/c1-16(27)34-21-14-19(15-22(35-17(2)28)24(21)36-18(3)29)25(31)26-9-10-32-11-12-33-23(30)7-5-4-6-20-8-13-37-38-20/h14-15,20H,4-13H2,1-3H3,(H,26,31). The summed E-state index contributed by atoms with van der Waals surface area (Å²) in [5.41, 5.74) is -0.00684. The van der Waals surface area contributed by atoms with E-state index in [0.717, 1.165) is 40.0 Å². The van der Waals surface area contributed by atoms with E-state index in [2.05, 4.69) is 5.32 Å². The van der Waals surface area contributed by atoms with Crippen molar-refractivity contribution in [3.63, 3.8) is 0 Å². The molecule has 1 heterocycles. The number of hydrogen-bond acceptors (Lipinski definition) is 12. The van der Waals surface area contributed by atoms with Crippen LogP contribution in [0.1, 0.15) is 63.2 Å². The molecule has 1 aromatic rings. The van der Waals surface area contributed by atoms with Crippen molar-refractivity contribution in [1.82, 2.24) is 5.32 Å². The fraction of sp³-hybridized carbons (Fsp3) is 0.560. The van der Waals surface area contributed by atoms with Crippen LogP contribution in [-0.4, -0.2) is 67.2 Å². The van der Waals surface area contributed by atoms with Crippen LogP contribution >= 0.6 is 21.6 Å². The Morgan fingerprint density at radius 2 is 1.55 bits per heavy atom. The molecule has 210 valence electrons. The van der Waals surface area contributed by atoms with E-state index in [4.69, 9.17) is 23.7 Å². The highest BCUT2D eigenvalue weighted by Gasteiger charge is 2.22. The van der Waals surface area contributed by atoms with E-state index < -0.39 is 23.8 Å². The van der Waals surface area contributed by atoms with E-state index in [1.165, 1.54) is 24.3 Å². The maximum Gasteiger partial charge on any atom is 0.308 e. The number of nitrogens with one attached hydrogen (secondary N) is 1. The van der Waals surface area contributed by atoms with Crippen molar-refractivity contribution in [3.8, 4) is 17.2 Å². The fourth-order valence-electron chi connectivity index (χ4n) is 3.35. The van der Waals surface area contributed by atoms with Crippen LogP contribution in [0, 0.1) is 0 Å². The second-order valence-electron chi connectivity index (χ2n) is 8.25. The Balaban J connectivity index is 1.75. The summed E-state index contributed by atoms with van der Waals surface area (Å²) >= 11 is 0. The van der Waals surface area contributed by atoms with Gasteiger partial charge in [0.15, 0.2) is 11.5 Å². The summed E-state index contributed by atoms with van der Waals surface area (Å²) in [5, 5.41) is 3.32. The largest absolute Gasteiger partial charge is 0.463 e. The topological polar surface area (TPSA) is 144 Å². The molecule has 38 heavy (non-hydrogen) atoms. The molecule has 1 fully saturated rings. The average Bonchev–Trinajstić information content (AvgIpc) is 3.35. The van der Waals surface area contributed by atoms with E-state index in [1.807, 2.05) is 21.6 Å². The van der Waals surface area contributed by atoms with Crippen molar-refractivity contribution >= 4 is 51.4 Å².